The number of aromatic nitrogens is 2. The van der Waals surface area contributed by atoms with E-state index in [0.29, 0.717) is 24.8 Å². The van der Waals surface area contributed by atoms with Crippen LogP contribution in [0.2, 0.25) is 36.3 Å². The Labute approximate surface area is 413 Å². The summed E-state index contributed by atoms with van der Waals surface area (Å²) in [5, 5.41) is 30.2. The van der Waals surface area contributed by atoms with E-state index < -0.39 is 76.4 Å². The van der Waals surface area contributed by atoms with Crippen LogP contribution in [-0.2, 0) is 67.0 Å². The molecule has 4 heterocycles. The summed E-state index contributed by atoms with van der Waals surface area (Å²) in [5.41, 5.74) is 5.60. The van der Waals surface area contributed by atoms with E-state index in [0.717, 1.165) is 27.4 Å². The van der Waals surface area contributed by atoms with Gasteiger partial charge in [0.2, 0.25) is 0 Å². The van der Waals surface area contributed by atoms with Gasteiger partial charge in [-0.3, -0.25) is 14.4 Å². The number of carbonyl (C=O) groups excluding carboxylic acids is 4. The molecule has 6 atom stereocenters. The number of aliphatic hydroxyl groups is 1. The lowest BCUT2D eigenvalue weighted by molar-refractivity contribution is -0.161. The molecule has 2 aromatic heterocycles. The molecule has 2 saturated heterocycles. The minimum Gasteiger partial charge on any atom is -0.480 e. The van der Waals surface area contributed by atoms with Crippen molar-refractivity contribution in [3.05, 3.63) is 72.1 Å². The van der Waals surface area contributed by atoms with Crippen LogP contribution in [0.25, 0.3) is 21.8 Å². The molecule has 6 rings (SSSR count). The number of esters is 2. The Kier molecular flexibility index (Phi) is 17.6. The van der Waals surface area contributed by atoms with E-state index in [1.54, 1.807) is 32.4 Å². The first-order valence-electron chi connectivity index (χ1n) is 23.3. The highest BCUT2D eigenvalue weighted by Gasteiger charge is 2.58. The van der Waals surface area contributed by atoms with Crippen LogP contribution in [0, 0.1) is 0 Å². The van der Waals surface area contributed by atoms with Gasteiger partial charge >= 0.3 is 23.9 Å². The van der Waals surface area contributed by atoms with Gasteiger partial charge in [0.15, 0.2) is 22.2 Å². The van der Waals surface area contributed by atoms with Crippen LogP contribution in [0.15, 0.2) is 60.9 Å². The van der Waals surface area contributed by atoms with Gasteiger partial charge in [-0.05, 0) is 59.5 Å². The number of aliphatic carboxylic acids is 2. The van der Waals surface area contributed by atoms with Crippen molar-refractivity contribution < 1.29 is 62.4 Å². The number of rotatable bonds is 14. The summed E-state index contributed by atoms with van der Waals surface area (Å²) in [6, 6.07) is 12.8. The third kappa shape index (κ3) is 12.4. The highest BCUT2D eigenvalue weighted by molar-refractivity contribution is 6.74. The lowest BCUT2D eigenvalue weighted by Gasteiger charge is -2.43. The van der Waals surface area contributed by atoms with Gasteiger partial charge in [0.05, 0.1) is 14.2 Å². The van der Waals surface area contributed by atoms with E-state index in [-0.39, 0.29) is 34.3 Å². The fourth-order valence-corrected chi connectivity index (χ4v) is 11.1. The first kappa shape index (κ1) is 57.2. The molecule has 2 amide bonds. The number of hydrogen-bond donors (Lipinski definition) is 5. The van der Waals surface area contributed by atoms with Crippen molar-refractivity contribution >= 4 is 74.1 Å². The molecule has 2 aliphatic rings. The van der Waals surface area contributed by atoms with Crippen LogP contribution < -0.4 is 5.73 Å². The number of carboxylic acid groups (broad SMARTS) is 2. The number of carboxylic acids is 2. The summed E-state index contributed by atoms with van der Waals surface area (Å²) in [6.07, 6.45) is 3.46. The smallest absolute Gasteiger partial charge is 0.336 e. The first-order valence-corrected chi connectivity index (χ1v) is 29.1. The number of ether oxygens (including phenoxy) is 2. The van der Waals surface area contributed by atoms with Crippen molar-refractivity contribution in [2.24, 2.45) is 12.8 Å². The average molecular weight is 1010 g/mol. The van der Waals surface area contributed by atoms with Crippen LogP contribution in [0.1, 0.15) is 71.9 Å². The predicted octanol–water partition coefficient (Wildman–Crippen LogP) is 5.99. The summed E-state index contributed by atoms with van der Waals surface area (Å²) in [5.74, 6) is -3.89. The Morgan fingerprint density at radius 2 is 1.36 bits per heavy atom. The van der Waals surface area contributed by atoms with Crippen molar-refractivity contribution in [3.8, 4) is 0 Å². The predicted molar refractivity (Wildman–Crippen MR) is 271 cm³/mol. The van der Waals surface area contributed by atoms with Crippen LogP contribution >= 0.6 is 0 Å². The number of benzene rings is 2. The fraction of sp³-hybridized carbons (Fsp3) is 0.560. The molecule has 4 aromatic rings. The quantitative estimate of drug-likeness (QED) is 0.0719. The number of nitrogens with two attached hydrogens (primary N) is 1. The monoisotopic (exact) mass is 1010 g/mol. The Morgan fingerprint density at radius 1 is 0.814 bits per heavy atom. The van der Waals surface area contributed by atoms with Crippen LogP contribution in [0.3, 0.4) is 0 Å². The largest absolute Gasteiger partial charge is 0.480 e. The second-order valence-electron chi connectivity index (χ2n) is 21.6. The average Bonchev–Trinajstić information content (AvgIpc) is 3.97. The molecule has 0 aliphatic carbocycles. The number of para-hydroxylation sites is 2. The van der Waals surface area contributed by atoms with Crippen molar-refractivity contribution in [1.82, 2.24) is 19.4 Å². The SMILES string of the molecule is COC(=O)[C@H]1C[C@@H](O[Si](C)(C)C(C)(C)C)C(=O)N1C.COC(=O)[C@H]1C[C@@](Cc2cn(C)c3ccccc23)(O[Si](C)(C)C(C)(C)C)C(=O)N1C.N[C@H](C[C@@](O)(Cc1c[nH]c2ccccc12)C(=O)O)C(=O)O. The van der Waals surface area contributed by atoms with E-state index in [4.69, 9.17) is 29.2 Å². The molecule has 6 N–H and O–H groups in total. The van der Waals surface area contributed by atoms with Crippen molar-refractivity contribution in [2.75, 3.05) is 28.3 Å². The minimum atomic E-state index is -2.31. The van der Waals surface area contributed by atoms with Gasteiger partial charge in [0, 0.05) is 87.4 Å². The molecule has 0 bridgehead atoms. The molecule has 0 spiro atoms. The maximum Gasteiger partial charge on any atom is 0.336 e. The molecule has 2 aromatic carbocycles. The Hall–Kier alpha value is -5.39. The zero-order valence-electron chi connectivity index (χ0n) is 43.5. The second kappa shape index (κ2) is 21.5. The van der Waals surface area contributed by atoms with Gasteiger partial charge in [-0.25, -0.2) is 14.4 Å². The van der Waals surface area contributed by atoms with Gasteiger partial charge in [-0.2, -0.15) is 0 Å². The Bertz CT molecular complexity index is 2560. The number of amides is 2. The number of nitrogens with zero attached hydrogens (tertiary/aromatic N) is 3. The fourth-order valence-electron chi connectivity index (χ4n) is 8.30. The molecular formula is C50H75N5O13Si2. The number of nitrogens with one attached hydrogen (secondary N) is 1. The van der Waals surface area contributed by atoms with Crippen LogP contribution in [0.4, 0.5) is 0 Å². The number of hydrogen-bond acceptors (Lipinski definition) is 12. The number of methoxy groups -OCH3 is 2. The zero-order chi connectivity index (χ0) is 53.1. The molecule has 70 heavy (non-hydrogen) atoms. The van der Waals surface area contributed by atoms with E-state index in [9.17, 15) is 39.0 Å². The van der Waals surface area contributed by atoms with Gasteiger partial charge in [-0.15, -0.1) is 0 Å². The number of aromatic amines is 1. The van der Waals surface area contributed by atoms with E-state index in [1.807, 2.05) is 31.3 Å². The third-order valence-electron chi connectivity index (χ3n) is 14.6. The summed E-state index contributed by atoms with van der Waals surface area (Å²) in [7, 11) is 3.67. The topological polar surface area (TPSA) is 253 Å². The zero-order valence-corrected chi connectivity index (χ0v) is 45.5. The molecule has 2 aliphatic heterocycles. The van der Waals surface area contributed by atoms with Gasteiger partial charge in [0.25, 0.3) is 11.8 Å². The maximum atomic E-state index is 13.6. The number of fused-ring (bicyclic) bond motifs is 2. The second-order valence-corrected chi connectivity index (χ2v) is 31.1. The normalized spacial score (nSPS) is 21.1. The van der Waals surface area contributed by atoms with E-state index in [2.05, 4.69) is 95.6 Å². The third-order valence-corrected chi connectivity index (χ3v) is 23.6. The summed E-state index contributed by atoms with van der Waals surface area (Å²) >= 11 is 0. The Balaban J connectivity index is 0.000000237. The standard InChI is InChI=1S/C23H34N2O4Si.C14H16N2O5.C13H25NO4Si/c1-22(2,3)30(7,8)29-23(14-19(20(26)28-6)25(5)21(23)27)13-16-15-24(4)18-12-10-9-11-17(16)18;15-10(12(17)18)6-14(21,13(19)20)5-8-7-16-11-4-2-1-3-9(8)11;1-13(2,3)19(6,7)18-10-8-9(12(16)17-5)14(4)11(10)15/h9-12,15,19H,13-14H2,1-8H3;1-4,7,10,16,21H,5-6,15H2,(H,17,18)(H,19,20);9-10H,8H2,1-7H3/t19-,23-;10-,14+;9-,10-/m111/s1. The lowest BCUT2D eigenvalue weighted by Crippen LogP contribution is -2.54. The Morgan fingerprint density at radius 3 is 1.90 bits per heavy atom. The van der Waals surface area contributed by atoms with Crippen LogP contribution in [0.5, 0.6) is 0 Å². The number of aryl methyl sites for hydroxylation is 1. The molecular weight excluding hydrogens is 935 g/mol. The summed E-state index contributed by atoms with van der Waals surface area (Å²) < 4.78 is 24.7. The first-order chi connectivity index (χ1) is 32.2. The number of likely N-dealkylation sites (N-methyl/N-ethyl adjacent to an activating group) is 2. The van der Waals surface area contributed by atoms with E-state index in [1.165, 1.54) is 24.0 Å². The molecule has 2 fully saturated rings. The van der Waals surface area contributed by atoms with Gasteiger partial charge in [-0.1, -0.05) is 77.9 Å². The number of carbonyl (C=O) groups is 6. The highest BCUT2D eigenvalue weighted by Crippen LogP contribution is 2.45. The number of likely N-dealkylation sites (tertiary alicyclic amines) is 2. The molecule has 18 nitrogen and oxygen atoms in total. The molecule has 0 radical (unpaired) electrons. The highest BCUT2D eigenvalue weighted by atomic mass is 28.4. The van der Waals surface area contributed by atoms with Crippen molar-refractivity contribution in [3.63, 3.8) is 0 Å². The van der Waals surface area contributed by atoms with Crippen molar-refractivity contribution in [1.29, 1.82) is 0 Å². The van der Waals surface area contributed by atoms with Gasteiger partial charge < -0.3 is 58.7 Å². The summed E-state index contributed by atoms with van der Waals surface area (Å²) in [6.45, 7) is 21.4. The lowest BCUT2D eigenvalue weighted by atomic mass is 9.88. The molecule has 0 saturated carbocycles. The molecule has 386 valence electrons. The molecule has 20 heteroatoms. The molecule has 0 unspecified atom stereocenters. The van der Waals surface area contributed by atoms with E-state index >= 15 is 0 Å². The van der Waals surface area contributed by atoms with Gasteiger partial charge in [0.1, 0.15) is 29.8 Å². The maximum absolute atomic E-state index is 13.6. The summed E-state index contributed by atoms with van der Waals surface area (Å²) in [4.78, 5) is 77.8. The van der Waals surface area contributed by atoms with Crippen LogP contribution in [-0.4, -0.2) is 151 Å². The van der Waals surface area contributed by atoms with Crippen molar-refractivity contribution in [2.45, 2.75) is 145 Å². The minimum absolute atomic E-state index is 0.0369. The number of H-pyrrole nitrogens is 1.